The zero-order valence-corrected chi connectivity index (χ0v) is 14.0. The molecule has 0 spiro atoms. The number of hydrogen-bond acceptors (Lipinski definition) is 5. The number of hydrazone groups is 1. The summed E-state index contributed by atoms with van der Waals surface area (Å²) in [5.74, 6) is -0.597. The number of amides is 2. The number of nitrogens with one attached hydrogen (secondary N) is 1. The van der Waals surface area contributed by atoms with E-state index in [4.69, 9.17) is 11.6 Å². The first kappa shape index (κ1) is 16.8. The Morgan fingerprint density at radius 1 is 1.16 bits per heavy atom. The summed E-state index contributed by atoms with van der Waals surface area (Å²) >= 11 is 5.83. The fraction of sp³-hybridized carbons (Fsp3) is 0.118. The van der Waals surface area contributed by atoms with Crippen LogP contribution < -0.4 is 10.3 Å². The highest BCUT2D eigenvalue weighted by molar-refractivity contribution is 6.30. The third kappa shape index (κ3) is 3.89. The van der Waals surface area contributed by atoms with Gasteiger partial charge >= 0.3 is 0 Å². The van der Waals surface area contributed by atoms with Crippen molar-refractivity contribution in [2.45, 2.75) is 13.0 Å². The van der Waals surface area contributed by atoms with E-state index in [1.54, 1.807) is 48.5 Å². The lowest BCUT2D eigenvalue weighted by Crippen LogP contribution is -2.38. The number of halogens is 1. The maximum Gasteiger partial charge on any atom is 0.282 e. The first-order valence-corrected chi connectivity index (χ1v) is 7.84. The number of carbonyl (C=O) groups excluding carboxylic acids is 2. The molecule has 0 fully saturated rings. The van der Waals surface area contributed by atoms with Gasteiger partial charge in [0.15, 0.2) is 5.84 Å². The number of nitrogens with zero attached hydrogens (tertiary/aromatic N) is 4. The Morgan fingerprint density at radius 2 is 1.84 bits per heavy atom. The van der Waals surface area contributed by atoms with E-state index in [0.29, 0.717) is 16.4 Å². The number of hydrogen-bond donors (Lipinski definition) is 1. The van der Waals surface area contributed by atoms with Crippen molar-refractivity contribution in [3.63, 3.8) is 0 Å². The van der Waals surface area contributed by atoms with Gasteiger partial charge in [0.2, 0.25) is 11.9 Å². The zero-order valence-electron chi connectivity index (χ0n) is 13.3. The van der Waals surface area contributed by atoms with Crippen molar-refractivity contribution in [3.05, 3.63) is 59.6 Å². The molecule has 1 atom stereocenters. The maximum atomic E-state index is 12.7. The molecule has 0 bridgehead atoms. The molecule has 2 aromatic carbocycles. The summed E-state index contributed by atoms with van der Waals surface area (Å²) in [5, 5.41) is 16.6. The normalized spacial score (nSPS) is 17.0. The van der Waals surface area contributed by atoms with Crippen molar-refractivity contribution in [1.82, 2.24) is 5.32 Å². The van der Waals surface area contributed by atoms with Crippen LogP contribution in [-0.2, 0) is 9.59 Å². The molecule has 1 N–H and O–H groups in total. The monoisotopic (exact) mass is 355 g/mol. The average molecular weight is 356 g/mol. The van der Waals surface area contributed by atoms with Crippen molar-refractivity contribution in [2.24, 2.45) is 15.3 Å². The molecule has 0 saturated heterocycles. The first-order chi connectivity index (χ1) is 12.0. The molecule has 126 valence electrons. The number of amidine groups is 1. The largest absolute Gasteiger partial charge is 0.311 e. The highest BCUT2D eigenvalue weighted by Gasteiger charge is 2.37. The molecule has 0 saturated carbocycles. The minimum Gasteiger partial charge on any atom is -0.311 e. The van der Waals surface area contributed by atoms with Gasteiger partial charge in [-0.1, -0.05) is 29.8 Å². The summed E-state index contributed by atoms with van der Waals surface area (Å²) in [4.78, 5) is 24.1. The second-order valence-corrected chi connectivity index (χ2v) is 5.68. The van der Waals surface area contributed by atoms with Gasteiger partial charge < -0.3 is 5.32 Å². The predicted molar refractivity (Wildman–Crippen MR) is 94.9 cm³/mol. The van der Waals surface area contributed by atoms with Crippen LogP contribution in [0.2, 0.25) is 5.02 Å². The van der Waals surface area contributed by atoms with Gasteiger partial charge in [-0.25, -0.2) is 0 Å². The Bertz CT molecular complexity index is 849. The molecule has 1 aliphatic rings. The van der Waals surface area contributed by atoms with E-state index in [1.165, 1.54) is 11.9 Å². The summed E-state index contributed by atoms with van der Waals surface area (Å²) in [6.07, 6.45) is 0. The van der Waals surface area contributed by atoms with Gasteiger partial charge in [0.1, 0.15) is 0 Å². The van der Waals surface area contributed by atoms with Crippen molar-refractivity contribution >= 4 is 40.6 Å². The highest BCUT2D eigenvalue weighted by Crippen LogP contribution is 2.23. The highest BCUT2D eigenvalue weighted by atomic mass is 35.5. The zero-order chi connectivity index (χ0) is 17.8. The summed E-state index contributed by atoms with van der Waals surface area (Å²) < 4.78 is 0. The van der Waals surface area contributed by atoms with Crippen LogP contribution in [0.4, 0.5) is 11.4 Å². The lowest BCUT2D eigenvalue weighted by atomic mass is 10.2. The Balaban J connectivity index is 1.88. The van der Waals surface area contributed by atoms with Gasteiger partial charge in [-0.15, -0.1) is 5.10 Å². The molecular weight excluding hydrogens is 342 g/mol. The lowest BCUT2D eigenvalue weighted by Gasteiger charge is -2.11. The van der Waals surface area contributed by atoms with Crippen LogP contribution in [-0.4, -0.2) is 23.7 Å². The molecule has 0 radical (unpaired) electrons. The predicted octanol–water partition coefficient (Wildman–Crippen LogP) is 3.29. The topological polar surface area (TPSA) is 86.5 Å². The summed E-state index contributed by atoms with van der Waals surface area (Å²) in [7, 11) is 0. The number of benzene rings is 2. The van der Waals surface area contributed by atoms with Crippen LogP contribution in [0, 0.1) is 0 Å². The quantitative estimate of drug-likeness (QED) is 0.856. The van der Waals surface area contributed by atoms with E-state index in [0.717, 1.165) is 0 Å². The molecule has 0 aromatic heterocycles. The van der Waals surface area contributed by atoms with Crippen LogP contribution in [0.15, 0.2) is 69.9 Å². The van der Waals surface area contributed by atoms with Crippen LogP contribution in [0.5, 0.6) is 0 Å². The summed E-state index contributed by atoms with van der Waals surface area (Å²) in [6.45, 7) is 1.34. The van der Waals surface area contributed by atoms with Crippen molar-refractivity contribution in [3.8, 4) is 0 Å². The van der Waals surface area contributed by atoms with E-state index in [-0.39, 0.29) is 11.7 Å². The Hall–Kier alpha value is -3.06. The average Bonchev–Trinajstić information content (AvgIpc) is 2.90. The van der Waals surface area contributed by atoms with E-state index in [2.05, 4.69) is 20.6 Å². The molecule has 2 aromatic rings. The van der Waals surface area contributed by atoms with Crippen LogP contribution >= 0.6 is 11.6 Å². The molecule has 1 unspecified atom stereocenters. The molecule has 1 heterocycles. The minimum atomic E-state index is -1.01. The number of anilines is 1. The maximum absolute atomic E-state index is 12.7. The second-order valence-electron chi connectivity index (χ2n) is 5.25. The number of azo groups is 1. The van der Waals surface area contributed by atoms with Gasteiger partial charge in [-0.2, -0.15) is 15.2 Å². The molecule has 0 aliphatic carbocycles. The standard InChI is InChI=1S/C17H14ClN5O2/c1-11(24)19-16-15(21-20-13-9-7-12(18)8-10-13)17(25)23(22-16)14-5-3-2-4-6-14/h2-10,15H,1H3,(H,19,22,24). The molecule has 1 aliphatic heterocycles. The Kier molecular flexibility index (Phi) is 4.85. The van der Waals surface area contributed by atoms with Crippen molar-refractivity contribution in [1.29, 1.82) is 0 Å². The van der Waals surface area contributed by atoms with Crippen LogP contribution in [0.25, 0.3) is 0 Å². The molecular formula is C17H14ClN5O2. The minimum absolute atomic E-state index is 0.138. The van der Waals surface area contributed by atoms with Crippen molar-refractivity contribution in [2.75, 3.05) is 5.01 Å². The van der Waals surface area contributed by atoms with Gasteiger partial charge in [-0.3, -0.25) is 9.59 Å². The van der Waals surface area contributed by atoms with Gasteiger partial charge in [0, 0.05) is 11.9 Å². The fourth-order valence-corrected chi connectivity index (χ4v) is 2.33. The Morgan fingerprint density at radius 3 is 2.48 bits per heavy atom. The van der Waals surface area contributed by atoms with Crippen molar-refractivity contribution < 1.29 is 9.59 Å². The first-order valence-electron chi connectivity index (χ1n) is 7.46. The van der Waals surface area contributed by atoms with Gasteiger partial charge in [0.05, 0.1) is 11.4 Å². The Labute approximate surface area is 149 Å². The third-order valence-corrected chi connectivity index (χ3v) is 3.58. The summed E-state index contributed by atoms with van der Waals surface area (Å²) in [5.41, 5.74) is 1.12. The third-order valence-electron chi connectivity index (χ3n) is 3.33. The summed E-state index contributed by atoms with van der Waals surface area (Å²) in [6, 6.07) is 14.6. The van der Waals surface area contributed by atoms with Crippen LogP contribution in [0.1, 0.15) is 6.92 Å². The number of para-hydroxylation sites is 1. The number of rotatable bonds is 3. The smallest absolute Gasteiger partial charge is 0.282 e. The van der Waals surface area contributed by atoms with E-state index in [1.807, 2.05) is 6.07 Å². The van der Waals surface area contributed by atoms with E-state index in [9.17, 15) is 9.59 Å². The molecule has 25 heavy (non-hydrogen) atoms. The molecule has 3 rings (SSSR count). The number of carbonyl (C=O) groups is 2. The van der Waals surface area contributed by atoms with Gasteiger partial charge in [-0.05, 0) is 36.4 Å². The van der Waals surface area contributed by atoms with E-state index >= 15 is 0 Å². The SMILES string of the molecule is CC(=O)NC1=NN(c2ccccc2)C(=O)C1N=Nc1ccc(Cl)cc1. The van der Waals surface area contributed by atoms with E-state index < -0.39 is 11.9 Å². The fourth-order valence-electron chi connectivity index (χ4n) is 2.21. The molecule has 7 nitrogen and oxygen atoms in total. The lowest BCUT2D eigenvalue weighted by molar-refractivity contribution is -0.117. The van der Waals surface area contributed by atoms with Crippen LogP contribution in [0.3, 0.4) is 0 Å². The molecule has 8 heteroatoms. The van der Waals surface area contributed by atoms with Gasteiger partial charge in [0.25, 0.3) is 5.91 Å². The molecule has 2 amide bonds. The second kappa shape index (κ2) is 7.23.